The van der Waals surface area contributed by atoms with Crippen molar-refractivity contribution >= 4 is 11.8 Å². The highest BCUT2D eigenvalue weighted by Crippen LogP contribution is 2.59. The van der Waals surface area contributed by atoms with E-state index < -0.39 is 17.8 Å². The Morgan fingerprint density at radius 1 is 1.12 bits per heavy atom. The zero-order valence-corrected chi connectivity index (χ0v) is 22.8. The van der Waals surface area contributed by atoms with Crippen LogP contribution in [0.15, 0.2) is 23.3 Å². The lowest BCUT2D eigenvalue weighted by atomic mass is 9.63. The number of aliphatic hydroxyl groups excluding tert-OH is 3. The smallest absolute Gasteiger partial charge is 0.0650 e. The summed E-state index contributed by atoms with van der Waals surface area (Å²) in [5.74, 6) is 2.17. The van der Waals surface area contributed by atoms with Gasteiger partial charge in [0.2, 0.25) is 0 Å². The van der Waals surface area contributed by atoms with Crippen molar-refractivity contribution in [3.8, 4) is 0 Å². The summed E-state index contributed by atoms with van der Waals surface area (Å²) in [6.07, 6.45) is 13.9. The minimum absolute atomic E-state index is 0.0120. The Kier molecular flexibility index (Phi) is 10.2. The van der Waals surface area contributed by atoms with Gasteiger partial charge in [0.1, 0.15) is 0 Å². The normalized spacial score (nSPS) is 37.8. The van der Waals surface area contributed by atoms with Crippen LogP contribution < -0.4 is 0 Å². The zero-order valence-electron chi connectivity index (χ0n) is 22.0. The Labute approximate surface area is 212 Å². The van der Waals surface area contributed by atoms with Crippen LogP contribution >= 0.6 is 11.8 Å². The molecule has 34 heavy (non-hydrogen) atoms. The quantitative estimate of drug-likeness (QED) is 0.316. The van der Waals surface area contributed by atoms with Crippen LogP contribution in [-0.2, 0) is 0 Å². The summed E-state index contributed by atoms with van der Waals surface area (Å²) in [7, 11) is 0. The first-order valence-electron chi connectivity index (χ1n) is 13.9. The molecule has 0 heterocycles. The van der Waals surface area contributed by atoms with Gasteiger partial charge in [-0.2, -0.15) is 11.8 Å². The van der Waals surface area contributed by atoms with E-state index in [1.54, 1.807) is 5.57 Å². The predicted molar refractivity (Wildman–Crippen MR) is 143 cm³/mol. The third-order valence-electron chi connectivity index (χ3n) is 9.80. The van der Waals surface area contributed by atoms with E-state index in [0.717, 1.165) is 37.0 Å². The Morgan fingerprint density at radius 3 is 2.41 bits per heavy atom. The minimum Gasteiger partial charge on any atom is -0.396 e. The number of hydrogen-bond acceptors (Lipinski definition) is 5. The van der Waals surface area contributed by atoms with Crippen LogP contribution in [0.3, 0.4) is 0 Å². The van der Waals surface area contributed by atoms with Crippen LogP contribution in [0.2, 0.25) is 0 Å². The van der Waals surface area contributed by atoms with Crippen molar-refractivity contribution in [3.63, 3.8) is 0 Å². The van der Waals surface area contributed by atoms with Crippen LogP contribution in [0.5, 0.6) is 0 Å². The Bertz CT molecular complexity index is 701. The van der Waals surface area contributed by atoms with E-state index in [1.165, 1.54) is 25.7 Å². The number of thioether (sulfide) groups is 1. The number of fused-ring (bicyclic) bond motifs is 1. The van der Waals surface area contributed by atoms with Gasteiger partial charge in [0.25, 0.3) is 0 Å². The van der Waals surface area contributed by atoms with Gasteiger partial charge >= 0.3 is 0 Å². The third-order valence-corrected chi connectivity index (χ3v) is 11.1. The molecule has 4 N–H and O–H groups in total. The Morgan fingerprint density at radius 2 is 1.79 bits per heavy atom. The number of aliphatic hydroxyl groups is 4. The average molecular weight is 495 g/mol. The van der Waals surface area contributed by atoms with Gasteiger partial charge in [0.05, 0.1) is 17.8 Å². The summed E-state index contributed by atoms with van der Waals surface area (Å²) in [6.45, 7) is 9.13. The van der Waals surface area contributed by atoms with E-state index in [0.29, 0.717) is 41.8 Å². The van der Waals surface area contributed by atoms with E-state index in [2.05, 4.69) is 51.6 Å². The largest absolute Gasteiger partial charge is 0.396 e. The third kappa shape index (κ3) is 6.32. The van der Waals surface area contributed by atoms with Gasteiger partial charge in [0.15, 0.2) is 0 Å². The Hall–Kier alpha value is -0.330. The molecule has 0 amide bonds. The van der Waals surface area contributed by atoms with E-state index >= 15 is 0 Å². The minimum atomic E-state index is -0.566. The van der Waals surface area contributed by atoms with Gasteiger partial charge in [-0.25, -0.2) is 0 Å². The summed E-state index contributed by atoms with van der Waals surface area (Å²) in [4.78, 5) is 0. The molecule has 3 saturated carbocycles. The molecule has 3 aliphatic carbocycles. The molecule has 7 atom stereocenters. The number of hydrogen-bond donors (Lipinski definition) is 4. The van der Waals surface area contributed by atoms with Crippen molar-refractivity contribution in [1.29, 1.82) is 0 Å². The summed E-state index contributed by atoms with van der Waals surface area (Å²) in [5, 5.41) is 41.4. The molecule has 0 bridgehead atoms. The first-order valence-corrected chi connectivity index (χ1v) is 14.9. The van der Waals surface area contributed by atoms with Crippen LogP contribution in [-0.4, -0.2) is 55.8 Å². The first-order chi connectivity index (χ1) is 16.2. The molecule has 0 aromatic carbocycles. The number of rotatable bonds is 10. The van der Waals surface area contributed by atoms with Crippen LogP contribution in [0, 0.1) is 23.2 Å². The maximum Gasteiger partial charge on any atom is 0.0650 e. The molecular weight excluding hydrogens is 444 g/mol. The molecule has 3 rings (SSSR count). The lowest BCUT2D eigenvalue weighted by Gasteiger charge is -2.44. The van der Waals surface area contributed by atoms with Crippen molar-refractivity contribution in [2.24, 2.45) is 23.2 Å². The Balaban J connectivity index is 1.63. The van der Waals surface area contributed by atoms with E-state index in [4.69, 9.17) is 0 Å². The lowest BCUT2D eigenvalue weighted by molar-refractivity contribution is -0.0163. The zero-order chi connectivity index (χ0) is 24.9. The van der Waals surface area contributed by atoms with Gasteiger partial charge in [0, 0.05) is 17.8 Å². The summed E-state index contributed by atoms with van der Waals surface area (Å²) >= 11 is 2.06. The highest BCUT2D eigenvalue weighted by Gasteiger charge is 2.50. The maximum absolute atomic E-state index is 10.7. The molecule has 196 valence electrons. The summed E-state index contributed by atoms with van der Waals surface area (Å²) in [6, 6.07) is 0. The SMILES string of the molecule is CCC(O)(CC)CCS[C@H](C)[C@H]1CC[C@H]2/C(=C/C=C3CC(O)C(CCO)[C@H](O)C3)CCC[C@]12C. The van der Waals surface area contributed by atoms with Gasteiger partial charge < -0.3 is 20.4 Å². The lowest BCUT2D eigenvalue weighted by Crippen LogP contribution is -2.38. The maximum atomic E-state index is 10.7. The van der Waals surface area contributed by atoms with Crippen molar-refractivity contribution in [2.45, 2.75) is 121 Å². The second kappa shape index (κ2) is 12.3. The second-order valence-electron chi connectivity index (χ2n) is 11.6. The fourth-order valence-corrected chi connectivity index (χ4v) is 8.83. The molecular formula is C29H50O4S. The predicted octanol–water partition coefficient (Wildman–Crippen LogP) is 5.63. The first kappa shape index (κ1) is 28.2. The monoisotopic (exact) mass is 494 g/mol. The molecule has 0 saturated heterocycles. The van der Waals surface area contributed by atoms with Gasteiger partial charge in [-0.05, 0) is 93.6 Å². The highest BCUT2D eigenvalue weighted by molar-refractivity contribution is 7.99. The molecule has 4 nitrogen and oxygen atoms in total. The topological polar surface area (TPSA) is 80.9 Å². The fraction of sp³-hybridized carbons (Fsp3) is 0.862. The van der Waals surface area contributed by atoms with Crippen LogP contribution in [0.25, 0.3) is 0 Å². The second-order valence-corrected chi connectivity index (χ2v) is 13.1. The number of allylic oxidation sites excluding steroid dienone is 3. The molecule has 5 heteroatoms. The van der Waals surface area contributed by atoms with E-state index in [9.17, 15) is 20.4 Å². The van der Waals surface area contributed by atoms with Crippen molar-refractivity contribution in [3.05, 3.63) is 23.3 Å². The van der Waals surface area contributed by atoms with Gasteiger partial charge in [-0.1, -0.05) is 51.0 Å². The van der Waals surface area contributed by atoms with Crippen LogP contribution in [0.4, 0.5) is 0 Å². The molecule has 0 spiro atoms. The van der Waals surface area contributed by atoms with Crippen molar-refractivity contribution in [1.82, 2.24) is 0 Å². The van der Waals surface area contributed by atoms with Gasteiger partial charge in [-0.15, -0.1) is 0 Å². The molecule has 2 unspecified atom stereocenters. The van der Waals surface area contributed by atoms with E-state index in [1.807, 2.05) is 0 Å². The highest BCUT2D eigenvalue weighted by atomic mass is 32.2. The van der Waals surface area contributed by atoms with Crippen molar-refractivity contribution < 1.29 is 20.4 Å². The van der Waals surface area contributed by atoms with Crippen LogP contribution in [0.1, 0.15) is 98.3 Å². The molecule has 3 aliphatic rings. The molecule has 0 aromatic rings. The molecule has 0 radical (unpaired) electrons. The summed E-state index contributed by atoms with van der Waals surface area (Å²) < 4.78 is 0. The molecule has 0 aromatic heterocycles. The van der Waals surface area contributed by atoms with Crippen molar-refractivity contribution in [2.75, 3.05) is 12.4 Å². The summed E-state index contributed by atoms with van der Waals surface area (Å²) in [5.41, 5.74) is 2.54. The fourth-order valence-electron chi connectivity index (χ4n) is 7.28. The average Bonchev–Trinajstić information content (AvgIpc) is 3.17. The molecule has 3 fully saturated rings. The standard InChI is InChI=1S/C29H50O4S/c1-5-29(33,6-2)15-17-34-20(3)24-11-12-25-22(8-7-14-28(24,25)4)10-9-21-18-26(31)23(13-16-30)27(32)19-21/h9-10,20,23-27,30-33H,5-8,11-19H2,1-4H3/b21-9?,22-10+/t20-,23?,24-,25+,26-,27?,28-/m1/s1. The van der Waals surface area contributed by atoms with Gasteiger partial charge in [-0.3, -0.25) is 0 Å². The van der Waals surface area contributed by atoms with E-state index in [-0.39, 0.29) is 12.5 Å². The molecule has 0 aliphatic heterocycles.